The number of nitrogens with one attached hydrogen (secondary N) is 1. The summed E-state index contributed by atoms with van der Waals surface area (Å²) >= 11 is 0. The van der Waals surface area contributed by atoms with Crippen LogP contribution in [0, 0.1) is 18.3 Å². The topological polar surface area (TPSA) is 106 Å². The summed E-state index contributed by atoms with van der Waals surface area (Å²) in [7, 11) is 2.74. The van der Waals surface area contributed by atoms with Gasteiger partial charge in [-0.2, -0.15) is 5.26 Å². The molecule has 29 heavy (non-hydrogen) atoms. The standard InChI is InChI=1S/C21H19N3O5/c1-13-18(16(11-22)20(29-13)24-8-4-5-9-24)19(25)23-12-14-6-7-17(27-2)15(10-14)21(26)28-3/h4-10H,12H2,1-3H3,(H,23,25). The minimum absolute atomic E-state index is 0.140. The number of aryl methyl sites for hydroxylation is 1. The van der Waals surface area contributed by atoms with Crippen molar-refractivity contribution in [3.8, 4) is 17.7 Å². The molecule has 2 aromatic heterocycles. The molecular weight excluding hydrogens is 374 g/mol. The molecule has 0 saturated heterocycles. The van der Waals surface area contributed by atoms with Crippen molar-refractivity contribution in [3.05, 3.63) is 70.7 Å². The molecule has 0 aliphatic carbocycles. The minimum atomic E-state index is -0.538. The summed E-state index contributed by atoms with van der Waals surface area (Å²) in [5.74, 6) is 0.0199. The molecule has 0 atom stereocenters. The first-order valence-electron chi connectivity index (χ1n) is 8.70. The van der Waals surface area contributed by atoms with Gasteiger partial charge in [0, 0.05) is 18.9 Å². The molecule has 0 radical (unpaired) electrons. The zero-order chi connectivity index (χ0) is 21.0. The van der Waals surface area contributed by atoms with Gasteiger partial charge in [0.15, 0.2) is 0 Å². The molecule has 0 aliphatic rings. The third-order valence-corrected chi connectivity index (χ3v) is 4.37. The minimum Gasteiger partial charge on any atom is -0.496 e. The van der Waals surface area contributed by atoms with E-state index in [4.69, 9.17) is 13.9 Å². The molecule has 0 saturated carbocycles. The summed E-state index contributed by atoms with van der Waals surface area (Å²) in [5, 5.41) is 12.3. The fraction of sp³-hybridized carbons (Fsp3) is 0.190. The number of methoxy groups -OCH3 is 2. The van der Waals surface area contributed by atoms with E-state index >= 15 is 0 Å². The monoisotopic (exact) mass is 393 g/mol. The van der Waals surface area contributed by atoms with Gasteiger partial charge in [0.05, 0.1) is 14.2 Å². The second-order valence-electron chi connectivity index (χ2n) is 6.12. The molecule has 3 aromatic rings. The molecule has 1 aromatic carbocycles. The fourth-order valence-corrected chi connectivity index (χ4v) is 2.96. The second kappa shape index (κ2) is 8.35. The molecule has 0 unspecified atom stereocenters. The van der Waals surface area contributed by atoms with E-state index in [1.54, 1.807) is 54.2 Å². The SMILES string of the molecule is COC(=O)c1cc(CNC(=O)c2c(C)oc(-n3cccc3)c2C#N)ccc1OC. The third kappa shape index (κ3) is 3.84. The highest BCUT2D eigenvalue weighted by Gasteiger charge is 2.24. The molecule has 8 heteroatoms. The number of nitrogens with zero attached hydrogens (tertiary/aromatic N) is 2. The summed E-state index contributed by atoms with van der Waals surface area (Å²) in [5.41, 5.74) is 1.26. The predicted molar refractivity (Wildman–Crippen MR) is 103 cm³/mol. The maximum atomic E-state index is 12.8. The van der Waals surface area contributed by atoms with Gasteiger partial charge < -0.3 is 19.2 Å². The van der Waals surface area contributed by atoms with Crippen molar-refractivity contribution in [2.75, 3.05) is 14.2 Å². The first-order chi connectivity index (χ1) is 14.0. The third-order valence-electron chi connectivity index (χ3n) is 4.37. The van der Waals surface area contributed by atoms with Crippen LogP contribution < -0.4 is 10.1 Å². The number of hydrogen-bond acceptors (Lipinski definition) is 6. The van der Waals surface area contributed by atoms with Crippen LogP contribution in [0.3, 0.4) is 0 Å². The number of esters is 1. The highest BCUT2D eigenvalue weighted by atomic mass is 16.5. The summed E-state index contributed by atoms with van der Waals surface area (Å²) in [6, 6.07) is 10.6. The molecule has 1 amide bonds. The van der Waals surface area contributed by atoms with Crippen LogP contribution in [0.25, 0.3) is 5.88 Å². The lowest BCUT2D eigenvalue weighted by Crippen LogP contribution is -2.24. The van der Waals surface area contributed by atoms with Crippen molar-refractivity contribution in [3.63, 3.8) is 0 Å². The molecular formula is C21H19N3O5. The highest BCUT2D eigenvalue weighted by molar-refractivity contribution is 5.98. The number of carbonyl (C=O) groups is 2. The van der Waals surface area contributed by atoms with Gasteiger partial charge in [0.1, 0.15) is 34.3 Å². The average Bonchev–Trinajstić information content (AvgIpc) is 3.38. The van der Waals surface area contributed by atoms with E-state index in [-0.39, 0.29) is 29.1 Å². The molecule has 2 heterocycles. The fourth-order valence-electron chi connectivity index (χ4n) is 2.96. The Hall–Kier alpha value is -3.99. The van der Waals surface area contributed by atoms with Crippen LogP contribution in [0.5, 0.6) is 5.75 Å². The molecule has 8 nitrogen and oxygen atoms in total. The van der Waals surface area contributed by atoms with Crippen LogP contribution in [0.2, 0.25) is 0 Å². The Labute approximate surface area is 167 Å². The highest BCUT2D eigenvalue weighted by Crippen LogP contribution is 2.26. The maximum Gasteiger partial charge on any atom is 0.341 e. The smallest absolute Gasteiger partial charge is 0.341 e. The molecule has 0 fully saturated rings. The Morgan fingerprint density at radius 1 is 1.24 bits per heavy atom. The van der Waals surface area contributed by atoms with E-state index in [0.29, 0.717) is 17.1 Å². The number of ether oxygens (including phenoxy) is 2. The van der Waals surface area contributed by atoms with Gasteiger partial charge >= 0.3 is 5.97 Å². The molecule has 1 N–H and O–H groups in total. The normalized spacial score (nSPS) is 10.3. The van der Waals surface area contributed by atoms with E-state index < -0.39 is 11.9 Å². The van der Waals surface area contributed by atoms with E-state index in [2.05, 4.69) is 5.32 Å². The number of furan rings is 1. The summed E-state index contributed by atoms with van der Waals surface area (Å²) in [6.07, 6.45) is 3.46. The quantitative estimate of drug-likeness (QED) is 0.645. The molecule has 148 valence electrons. The van der Waals surface area contributed by atoms with Crippen LogP contribution in [0.15, 0.2) is 47.1 Å². The van der Waals surface area contributed by atoms with E-state index in [0.717, 1.165) is 0 Å². The molecule has 0 aliphatic heterocycles. The van der Waals surface area contributed by atoms with Crippen molar-refractivity contribution in [1.29, 1.82) is 5.26 Å². The van der Waals surface area contributed by atoms with Crippen LogP contribution in [0.1, 0.15) is 37.6 Å². The number of hydrogen-bond donors (Lipinski definition) is 1. The number of aromatic nitrogens is 1. The zero-order valence-electron chi connectivity index (χ0n) is 16.2. The van der Waals surface area contributed by atoms with Gasteiger partial charge in [-0.15, -0.1) is 0 Å². The Kier molecular flexibility index (Phi) is 5.69. The van der Waals surface area contributed by atoms with Crippen molar-refractivity contribution in [2.45, 2.75) is 13.5 Å². The van der Waals surface area contributed by atoms with Crippen molar-refractivity contribution >= 4 is 11.9 Å². The van der Waals surface area contributed by atoms with Gasteiger partial charge in [-0.3, -0.25) is 9.36 Å². The van der Waals surface area contributed by atoms with Crippen molar-refractivity contribution in [2.24, 2.45) is 0 Å². The van der Waals surface area contributed by atoms with Gasteiger partial charge in [-0.05, 0) is 36.8 Å². The molecule has 3 rings (SSSR count). The number of nitriles is 1. The Morgan fingerprint density at radius 3 is 2.59 bits per heavy atom. The predicted octanol–water partition coefficient (Wildman–Crippen LogP) is 2.98. The zero-order valence-corrected chi connectivity index (χ0v) is 16.2. The Bertz CT molecular complexity index is 1090. The van der Waals surface area contributed by atoms with E-state index in [1.807, 2.05) is 6.07 Å². The number of rotatable bonds is 6. The summed E-state index contributed by atoms with van der Waals surface area (Å²) < 4.78 is 17.2. The lowest BCUT2D eigenvalue weighted by Gasteiger charge is -2.10. The summed E-state index contributed by atoms with van der Waals surface area (Å²) in [4.78, 5) is 24.7. The lowest BCUT2D eigenvalue weighted by molar-refractivity contribution is 0.0597. The van der Waals surface area contributed by atoms with Crippen LogP contribution in [0.4, 0.5) is 0 Å². The first-order valence-corrected chi connectivity index (χ1v) is 8.70. The lowest BCUT2D eigenvalue weighted by atomic mass is 10.1. The van der Waals surface area contributed by atoms with Crippen molar-refractivity contribution < 1.29 is 23.5 Å². The maximum absolute atomic E-state index is 12.8. The average molecular weight is 393 g/mol. The van der Waals surface area contributed by atoms with Crippen molar-refractivity contribution in [1.82, 2.24) is 9.88 Å². The second-order valence-corrected chi connectivity index (χ2v) is 6.12. The van der Waals surface area contributed by atoms with Gasteiger partial charge in [0.25, 0.3) is 5.91 Å². The number of amides is 1. The number of benzene rings is 1. The van der Waals surface area contributed by atoms with E-state index in [1.165, 1.54) is 14.2 Å². The first kappa shape index (κ1) is 19.8. The molecule has 0 bridgehead atoms. The van der Waals surface area contributed by atoms with E-state index in [9.17, 15) is 14.9 Å². The Morgan fingerprint density at radius 2 is 1.97 bits per heavy atom. The van der Waals surface area contributed by atoms with Gasteiger partial charge in [-0.1, -0.05) is 6.07 Å². The Balaban J connectivity index is 1.84. The van der Waals surface area contributed by atoms with Crippen LogP contribution in [-0.2, 0) is 11.3 Å². The van der Waals surface area contributed by atoms with Gasteiger partial charge in [0.2, 0.25) is 5.88 Å². The number of carbonyl (C=O) groups excluding carboxylic acids is 2. The van der Waals surface area contributed by atoms with Crippen LogP contribution >= 0.6 is 0 Å². The summed E-state index contributed by atoms with van der Waals surface area (Å²) in [6.45, 7) is 1.77. The van der Waals surface area contributed by atoms with Gasteiger partial charge in [-0.25, -0.2) is 4.79 Å². The molecule has 0 spiro atoms. The van der Waals surface area contributed by atoms with Crippen LogP contribution in [-0.4, -0.2) is 30.7 Å². The largest absolute Gasteiger partial charge is 0.496 e.